The van der Waals surface area contributed by atoms with Gasteiger partial charge in [0.1, 0.15) is 12.3 Å². The van der Waals surface area contributed by atoms with Crippen molar-refractivity contribution in [3.05, 3.63) is 70.9 Å². The van der Waals surface area contributed by atoms with Crippen LogP contribution in [0, 0.1) is 0 Å². The van der Waals surface area contributed by atoms with Crippen molar-refractivity contribution in [1.29, 1.82) is 0 Å². The number of piperidine rings is 1. The molecule has 3 aliphatic heterocycles. The van der Waals surface area contributed by atoms with Crippen LogP contribution in [-0.4, -0.2) is 73.0 Å². The molecule has 2 unspecified atom stereocenters. The van der Waals surface area contributed by atoms with Crippen LogP contribution < -0.4 is 33.3 Å². The van der Waals surface area contributed by atoms with E-state index in [1.165, 1.54) is 12.1 Å². The number of carbonyl (C=O) groups excluding carboxylic acids is 1. The van der Waals surface area contributed by atoms with E-state index in [0.29, 0.717) is 28.8 Å². The number of carbonyl (C=O) groups is 1. The van der Waals surface area contributed by atoms with Gasteiger partial charge in [0, 0.05) is 43.1 Å². The number of hydrogen-bond donors (Lipinski definition) is 6. The molecule has 5 atom stereocenters. The lowest BCUT2D eigenvalue weighted by atomic mass is 9.78. The number of alkyl halides is 3. The topological polar surface area (TPSA) is 164 Å². The molecule has 3 heterocycles. The molecule has 3 aliphatic rings. The van der Waals surface area contributed by atoms with E-state index in [9.17, 15) is 23.0 Å². The highest BCUT2D eigenvalue weighted by atomic mass is 19.4. The van der Waals surface area contributed by atoms with E-state index in [1.807, 2.05) is 19.9 Å². The van der Waals surface area contributed by atoms with Crippen molar-refractivity contribution >= 4 is 24.2 Å². The summed E-state index contributed by atoms with van der Waals surface area (Å²) in [5.41, 5.74) is 19.9. The molecule has 0 bridgehead atoms. The van der Waals surface area contributed by atoms with Crippen LogP contribution >= 0.6 is 0 Å². The lowest BCUT2D eigenvalue weighted by molar-refractivity contribution is -0.137. The Morgan fingerprint density at radius 1 is 1.18 bits per heavy atom. The fraction of sp³-hybridized carbons (Fsp3) is 0.500. The van der Waals surface area contributed by atoms with Gasteiger partial charge >= 0.3 is 13.3 Å². The summed E-state index contributed by atoms with van der Waals surface area (Å²) in [6.45, 7) is 5.99. The smallest absolute Gasteiger partial charge is 0.423 e. The molecule has 0 aromatic heterocycles. The molecule has 0 saturated carbocycles. The zero-order valence-corrected chi connectivity index (χ0v) is 24.8. The van der Waals surface area contributed by atoms with E-state index >= 15 is 0 Å². The van der Waals surface area contributed by atoms with Gasteiger partial charge in [0.2, 0.25) is 5.91 Å². The first kappa shape index (κ1) is 32.4. The maximum Gasteiger partial charge on any atom is 0.492 e. The molecule has 14 heteroatoms. The van der Waals surface area contributed by atoms with Gasteiger partial charge in [-0.2, -0.15) is 13.2 Å². The molecule has 9 N–H and O–H groups in total. The Bertz CT molecular complexity index is 1370. The summed E-state index contributed by atoms with van der Waals surface area (Å²) in [7, 11) is -1.13. The second-order valence-corrected chi connectivity index (χ2v) is 12.4. The standard InChI is InChI=1S/C30H40BF3N6O4/c1-29(2)22-10-9-21(14-23(22)31(42)44-29)38-27(41)25(12-17-5-7-18(8-6-17)30(32,33)34)39-28-26(43-28)24(37)4-3-11-40-15-19(35)13-20(36)16-40/h4-10,14,19-20,25-26,28,39,42H,3,11-13,15-16,35-37H2,1-2H3,(H,38,41)/b24-4+/t19-,20+,25-,26?,28?/m1/s1. The zero-order valence-electron chi connectivity index (χ0n) is 24.8. The third-order valence-electron chi connectivity index (χ3n) is 8.28. The van der Waals surface area contributed by atoms with Crippen LogP contribution in [0.2, 0.25) is 0 Å². The van der Waals surface area contributed by atoms with Gasteiger partial charge in [-0.25, -0.2) is 0 Å². The minimum absolute atomic E-state index is 0.0511. The van der Waals surface area contributed by atoms with Crippen molar-refractivity contribution in [2.75, 3.05) is 25.0 Å². The maximum absolute atomic E-state index is 13.5. The predicted octanol–water partition coefficient (Wildman–Crippen LogP) is 1.12. The molecule has 2 aromatic carbocycles. The Kier molecular flexibility index (Phi) is 9.43. The zero-order chi connectivity index (χ0) is 31.8. The van der Waals surface area contributed by atoms with E-state index in [4.69, 9.17) is 26.6 Å². The molecule has 44 heavy (non-hydrogen) atoms. The number of nitrogens with two attached hydrogens (primary N) is 3. The minimum atomic E-state index is -4.46. The first-order valence-electron chi connectivity index (χ1n) is 14.8. The van der Waals surface area contributed by atoms with Crippen LogP contribution in [0.1, 0.15) is 43.4 Å². The Hall–Kier alpha value is -2.98. The second kappa shape index (κ2) is 12.8. The first-order chi connectivity index (χ1) is 20.7. The van der Waals surface area contributed by atoms with E-state index in [1.54, 1.807) is 18.2 Å². The van der Waals surface area contributed by atoms with Crippen LogP contribution in [0.15, 0.2) is 54.2 Å². The number of likely N-dealkylation sites (tertiary alicyclic amines) is 1. The van der Waals surface area contributed by atoms with E-state index < -0.39 is 48.7 Å². The Morgan fingerprint density at radius 2 is 1.86 bits per heavy atom. The molecule has 0 spiro atoms. The van der Waals surface area contributed by atoms with Gasteiger partial charge in [0.25, 0.3) is 0 Å². The number of fused-ring (bicyclic) bond motifs is 1. The summed E-state index contributed by atoms with van der Waals surface area (Å²) in [4.78, 5) is 15.7. The number of halogens is 3. The van der Waals surface area contributed by atoms with Crippen molar-refractivity contribution in [2.24, 2.45) is 17.2 Å². The van der Waals surface area contributed by atoms with Crippen molar-refractivity contribution in [2.45, 2.75) is 75.3 Å². The maximum atomic E-state index is 13.5. The SMILES string of the molecule is CC1(C)OB(O)c2cc(NC(=O)[C@@H](Cc3ccc(C(F)(F)F)cc3)NC3OC3/C(N)=C\CCN3C[C@H](N)C[C@H](N)C3)ccc21. The van der Waals surface area contributed by atoms with Crippen molar-refractivity contribution in [3.63, 3.8) is 0 Å². The van der Waals surface area contributed by atoms with Gasteiger partial charge in [0.05, 0.1) is 17.2 Å². The number of amides is 1. The lowest BCUT2D eigenvalue weighted by Crippen LogP contribution is -2.52. The molecule has 10 nitrogen and oxygen atoms in total. The number of hydrogen-bond acceptors (Lipinski definition) is 9. The molecule has 5 rings (SSSR count). The van der Waals surface area contributed by atoms with Crippen LogP contribution in [0.5, 0.6) is 0 Å². The van der Waals surface area contributed by atoms with E-state index in [-0.39, 0.29) is 18.5 Å². The molecular weight excluding hydrogens is 576 g/mol. The number of epoxide rings is 1. The Labute approximate surface area is 255 Å². The quantitative estimate of drug-likeness (QED) is 0.170. The lowest BCUT2D eigenvalue weighted by Gasteiger charge is -2.34. The normalized spacial score (nSPS) is 25.9. The minimum Gasteiger partial charge on any atom is -0.423 e. The van der Waals surface area contributed by atoms with Crippen LogP contribution in [0.3, 0.4) is 0 Å². The summed E-state index contributed by atoms with van der Waals surface area (Å²) in [5.74, 6) is -0.424. The fourth-order valence-electron chi connectivity index (χ4n) is 6.00. The summed E-state index contributed by atoms with van der Waals surface area (Å²) in [5, 5.41) is 16.4. The third-order valence-corrected chi connectivity index (χ3v) is 8.28. The third kappa shape index (κ3) is 7.81. The molecular formula is C30H40BF3N6O4. The molecule has 2 saturated heterocycles. The van der Waals surface area contributed by atoms with E-state index in [0.717, 1.165) is 43.8 Å². The highest BCUT2D eigenvalue weighted by Gasteiger charge is 2.44. The molecule has 0 aliphatic carbocycles. The molecule has 2 aromatic rings. The highest BCUT2D eigenvalue weighted by molar-refractivity contribution is 6.62. The van der Waals surface area contributed by atoms with Crippen LogP contribution in [-0.2, 0) is 32.4 Å². The number of nitrogens with zero attached hydrogens (tertiary/aromatic N) is 1. The second-order valence-electron chi connectivity index (χ2n) is 12.4. The summed E-state index contributed by atoms with van der Waals surface area (Å²) < 4.78 is 50.7. The van der Waals surface area contributed by atoms with Gasteiger partial charge < -0.3 is 36.9 Å². The average Bonchev–Trinajstić information content (AvgIpc) is 3.66. The predicted molar refractivity (Wildman–Crippen MR) is 161 cm³/mol. The van der Waals surface area contributed by atoms with Crippen molar-refractivity contribution in [1.82, 2.24) is 10.2 Å². The first-order valence-corrected chi connectivity index (χ1v) is 14.8. The summed E-state index contributed by atoms with van der Waals surface area (Å²) in [6.07, 6.45) is -1.99. The fourth-order valence-corrected chi connectivity index (χ4v) is 6.00. The monoisotopic (exact) mass is 616 g/mol. The number of benzene rings is 2. The van der Waals surface area contributed by atoms with Crippen LogP contribution in [0.4, 0.5) is 18.9 Å². The van der Waals surface area contributed by atoms with Crippen LogP contribution in [0.25, 0.3) is 0 Å². The summed E-state index contributed by atoms with van der Waals surface area (Å²) in [6, 6.07) is 9.09. The molecule has 0 radical (unpaired) electrons. The molecule has 238 valence electrons. The van der Waals surface area contributed by atoms with Gasteiger partial charge in [-0.05, 0) is 74.0 Å². The van der Waals surface area contributed by atoms with Crippen molar-refractivity contribution in [3.8, 4) is 0 Å². The largest absolute Gasteiger partial charge is 0.492 e. The number of anilines is 1. The van der Waals surface area contributed by atoms with Gasteiger partial charge in [0.15, 0.2) is 0 Å². The Morgan fingerprint density at radius 3 is 2.52 bits per heavy atom. The van der Waals surface area contributed by atoms with Gasteiger partial charge in [-0.15, -0.1) is 0 Å². The van der Waals surface area contributed by atoms with Gasteiger partial charge in [-0.1, -0.05) is 24.3 Å². The van der Waals surface area contributed by atoms with Crippen molar-refractivity contribution < 1.29 is 32.4 Å². The number of rotatable bonds is 10. The van der Waals surface area contributed by atoms with Gasteiger partial charge in [-0.3, -0.25) is 15.0 Å². The summed E-state index contributed by atoms with van der Waals surface area (Å²) >= 11 is 0. The Balaban J connectivity index is 1.25. The highest BCUT2D eigenvalue weighted by Crippen LogP contribution is 2.32. The number of nitrogens with one attached hydrogen (secondary N) is 2. The molecule has 1 amide bonds. The number of ether oxygens (including phenoxy) is 1. The average molecular weight is 616 g/mol. The van der Waals surface area contributed by atoms with E-state index in [2.05, 4.69) is 15.5 Å². The molecule has 2 fully saturated rings.